The van der Waals surface area contributed by atoms with Crippen molar-refractivity contribution >= 4 is 71.2 Å². The summed E-state index contributed by atoms with van der Waals surface area (Å²) >= 11 is 0. The Balaban J connectivity index is 1.14. The van der Waals surface area contributed by atoms with E-state index in [1.54, 1.807) is 0 Å². The first-order valence-electron chi connectivity index (χ1n) is 30.7. The number of anilines is 3. The fourth-order valence-electron chi connectivity index (χ4n) is 12.8. The lowest BCUT2D eigenvalue weighted by Crippen LogP contribution is -2.16. The fourth-order valence-corrected chi connectivity index (χ4v) is 12.8. The van der Waals surface area contributed by atoms with Crippen molar-refractivity contribution in [2.75, 3.05) is 4.90 Å². The number of aromatic nitrogens is 1. The predicted octanol–water partition coefficient (Wildman–Crippen LogP) is 23.9. The number of benzene rings is 11. The maximum absolute atomic E-state index is 2.59. The highest BCUT2D eigenvalue weighted by molar-refractivity contribution is 6.27. The van der Waals surface area contributed by atoms with Crippen molar-refractivity contribution in [3.63, 3.8) is 0 Å². The molecule has 0 aliphatic carbocycles. The molecule has 424 valence electrons. The third-order valence-corrected chi connectivity index (χ3v) is 18.1. The first-order valence-corrected chi connectivity index (χ1v) is 30.7. The number of hydrogen-bond acceptors (Lipinski definition) is 1. The van der Waals surface area contributed by atoms with Gasteiger partial charge in [-0.05, 0) is 170 Å². The summed E-state index contributed by atoms with van der Waals surface area (Å²) < 4.78 is 2.55. The van der Waals surface area contributed by atoms with Crippen LogP contribution < -0.4 is 4.90 Å². The molecule has 0 spiro atoms. The SMILES string of the molecule is CC(C)(C)c1ccc(-c2ccc(C(C)(C)C)cc2-c2cccc(N(c3cc(C(C)(C)C)ccc3-c3ccc(C(C)(C)C)cc3)c3ccc4ccc5c(-n6c7ccc(C(C)(C)C)cc7c7cc(C(C)(C)C)ccc76)ccc6ccc3c4c65)c2)cc1. The van der Waals surface area contributed by atoms with E-state index in [2.05, 4.69) is 328 Å². The van der Waals surface area contributed by atoms with Crippen LogP contribution in [0.25, 0.3) is 93.2 Å². The van der Waals surface area contributed by atoms with Gasteiger partial charge in [-0.15, -0.1) is 0 Å². The average Bonchev–Trinajstić information content (AvgIpc) is 2.53. The molecule has 0 aliphatic rings. The molecule has 0 saturated carbocycles. The van der Waals surface area contributed by atoms with Crippen LogP contribution in [-0.4, -0.2) is 4.57 Å². The third kappa shape index (κ3) is 10.1. The lowest BCUT2D eigenvalue weighted by Gasteiger charge is -2.32. The fraction of sp³-hybridized carbons (Fsp3) is 0.293. The molecule has 0 unspecified atom stereocenters. The van der Waals surface area contributed by atoms with Crippen LogP contribution in [0.15, 0.2) is 194 Å². The van der Waals surface area contributed by atoms with E-state index in [1.165, 1.54) is 127 Å². The van der Waals surface area contributed by atoms with Gasteiger partial charge >= 0.3 is 0 Å². The van der Waals surface area contributed by atoms with Crippen LogP contribution in [0.1, 0.15) is 158 Å². The van der Waals surface area contributed by atoms with E-state index in [4.69, 9.17) is 0 Å². The predicted molar refractivity (Wildman–Crippen MR) is 368 cm³/mol. The Hall–Kier alpha value is -7.94. The first-order chi connectivity index (χ1) is 39.4. The van der Waals surface area contributed by atoms with Crippen molar-refractivity contribution in [2.24, 2.45) is 0 Å². The number of hydrogen-bond donors (Lipinski definition) is 0. The van der Waals surface area contributed by atoms with E-state index in [0.29, 0.717) is 0 Å². The van der Waals surface area contributed by atoms with E-state index in [0.717, 1.165) is 17.1 Å². The molecule has 0 bridgehead atoms. The maximum Gasteiger partial charge on any atom is 0.0543 e. The van der Waals surface area contributed by atoms with Crippen molar-refractivity contribution in [3.8, 4) is 39.1 Å². The minimum Gasteiger partial charge on any atom is -0.309 e. The van der Waals surface area contributed by atoms with Gasteiger partial charge in [0.05, 0.1) is 28.1 Å². The molecule has 0 amide bonds. The van der Waals surface area contributed by atoms with E-state index in [-0.39, 0.29) is 32.5 Å². The Morgan fingerprint density at radius 3 is 1.21 bits per heavy atom. The van der Waals surface area contributed by atoms with E-state index < -0.39 is 0 Å². The zero-order valence-corrected chi connectivity index (χ0v) is 53.4. The first kappa shape index (κ1) is 56.5. The van der Waals surface area contributed by atoms with Crippen LogP contribution in [0, 0.1) is 0 Å². The number of fused-ring (bicyclic) bond motifs is 3. The molecular formula is C82H86N2. The number of rotatable bonds is 7. The molecule has 0 radical (unpaired) electrons. The quantitative estimate of drug-likeness (QED) is 0.144. The van der Waals surface area contributed by atoms with E-state index in [1.807, 2.05) is 0 Å². The van der Waals surface area contributed by atoms with Gasteiger partial charge in [-0.3, -0.25) is 0 Å². The molecule has 2 nitrogen and oxygen atoms in total. The second-order valence-corrected chi connectivity index (χ2v) is 30.4. The maximum atomic E-state index is 2.59. The minimum atomic E-state index is -0.115. The van der Waals surface area contributed by atoms with Gasteiger partial charge in [0, 0.05) is 32.8 Å². The van der Waals surface area contributed by atoms with Gasteiger partial charge in [-0.1, -0.05) is 264 Å². The van der Waals surface area contributed by atoms with Gasteiger partial charge in [0.1, 0.15) is 0 Å². The van der Waals surface area contributed by atoms with Gasteiger partial charge < -0.3 is 9.47 Å². The Labute approximate surface area is 501 Å². The van der Waals surface area contributed by atoms with Gasteiger partial charge in [0.15, 0.2) is 0 Å². The molecule has 12 aromatic rings. The molecule has 0 atom stereocenters. The molecule has 0 saturated heterocycles. The molecule has 0 aliphatic heterocycles. The van der Waals surface area contributed by atoms with Crippen LogP contribution in [0.3, 0.4) is 0 Å². The lowest BCUT2D eigenvalue weighted by atomic mass is 9.82. The molecule has 84 heavy (non-hydrogen) atoms. The topological polar surface area (TPSA) is 8.17 Å². The third-order valence-electron chi connectivity index (χ3n) is 18.1. The van der Waals surface area contributed by atoms with Gasteiger partial charge in [-0.2, -0.15) is 0 Å². The smallest absolute Gasteiger partial charge is 0.0543 e. The molecule has 1 aromatic heterocycles. The second-order valence-electron chi connectivity index (χ2n) is 30.4. The zero-order chi connectivity index (χ0) is 59.8. The molecule has 0 N–H and O–H groups in total. The normalized spacial score (nSPS) is 13.1. The Morgan fingerprint density at radius 1 is 0.274 bits per heavy atom. The summed E-state index contributed by atoms with van der Waals surface area (Å²) in [6, 6.07) is 75.8. The summed E-state index contributed by atoms with van der Waals surface area (Å²) in [5.74, 6) is 0. The Kier molecular flexibility index (Phi) is 13.4. The summed E-state index contributed by atoms with van der Waals surface area (Å²) in [6.45, 7) is 41.7. The summed E-state index contributed by atoms with van der Waals surface area (Å²) in [7, 11) is 0. The highest BCUT2D eigenvalue weighted by Gasteiger charge is 2.28. The van der Waals surface area contributed by atoms with Crippen molar-refractivity contribution in [1.29, 1.82) is 0 Å². The van der Waals surface area contributed by atoms with Crippen LogP contribution >= 0.6 is 0 Å². The summed E-state index contributed by atoms with van der Waals surface area (Å²) in [5.41, 5.74) is 22.1. The zero-order valence-electron chi connectivity index (χ0n) is 53.4. The van der Waals surface area contributed by atoms with Gasteiger partial charge in [0.25, 0.3) is 0 Å². The lowest BCUT2D eigenvalue weighted by molar-refractivity contribution is 0.590. The molecule has 0 fully saturated rings. The molecule has 2 heteroatoms. The van der Waals surface area contributed by atoms with Crippen LogP contribution in [0.2, 0.25) is 0 Å². The number of nitrogens with zero attached hydrogens (tertiary/aromatic N) is 2. The second kappa shape index (κ2) is 19.8. The van der Waals surface area contributed by atoms with E-state index in [9.17, 15) is 0 Å². The largest absolute Gasteiger partial charge is 0.309 e. The summed E-state index contributed by atoms with van der Waals surface area (Å²) in [4.78, 5) is 2.59. The van der Waals surface area contributed by atoms with Crippen molar-refractivity contribution in [1.82, 2.24) is 4.57 Å². The highest BCUT2D eigenvalue weighted by atomic mass is 15.1. The highest BCUT2D eigenvalue weighted by Crippen LogP contribution is 2.50. The summed E-state index contributed by atoms with van der Waals surface area (Å²) in [6.07, 6.45) is 0. The van der Waals surface area contributed by atoms with Crippen LogP contribution in [-0.2, 0) is 32.5 Å². The molecule has 11 aromatic carbocycles. The monoisotopic (exact) mass is 1100 g/mol. The molecule has 1 heterocycles. The van der Waals surface area contributed by atoms with Gasteiger partial charge in [-0.25, -0.2) is 0 Å². The van der Waals surface area contributed by atoms with Crippen LogP contribution in [0.5, 0.6) is 0 Å². The molecular weight excluding hydrogens is 1010 g/mol. The average molecular weight is 1100 g/mol. The molecule has 12 rings (SSSR count). The van der Waals surface area contributed by atoms with Crippen molar-refractivity contribution in [2.45, 2.75) is 157 Å². The minimum absolute atomic E-state index is 0.00899. The van der Waals surface area contributed by atoms with E-state index >= 15 is 0 Å². The summed E-state index contributed by atoms with van der Waals surface area (Å²) in [5, 5.41) is 10.1. The Morgan fingerprint density at radius 2 is 0.690 bits per heavy atom. The van der Waals surface area contributed by atoms with Crippen molar-refractivity contribution < 1.29 is 0 Å². The standard InChI is InChI=1S/C82H86N2/c1-77(2,3)56-30-22-51(23-31-56)63-40-34-58(79(7,8)9)47-67(63)55-20-19-21-62(46-55)83(74-50-61(82(16,17)18)35-41-64(74)52-24-32-57(33-25-52)78(4,5)6)70-42-28-53-27-39-66-71(43-29-54-26-38-65(70)75(53)76(54)66)84-72-44-36-59(80(10,11)12)48-68(72)69-49-60(81(13,14)15)37-45-73(69)84/h19-50H,1-18H3. The van der Waals surface area contributed by atoms with Crippen LogP contribution in [0.4, 0.5) is 17.1 Å². The Bertz CT molecular complexity index is 4430. The van der Waals surface area contributed by atoms with Gasteiger partial charge in [0.2, 0.25) is 0 Å². The van der Waals surface area contributed by atoms with Crippen molar-refractivity contribution in [3.05, 3.63) is 228 Å².